The van der Waals surface area contributed by atoms with Crippen LogP contribution in [0.4, 0.5) is 27.5 Å². The van der Waals surface area contributed by atoms with Gasteiger partial charge in [0.2, 0.25) is 5.95 Å². The van der Waals surface area contributed by atoms with Crippen molar-refractivity contribution in [2.75, 3.05) is 56.3 Å². The van der Waals surface area contributed by atoms with Crippen LogP contribution in [0.2, 0.25) is 5.02 Å². The SMILES string of the molecule is CS(=O)(=O)c1cnc(Nc2ccc([C@H]3CNCCO3)cc2)nc1.Fc1cc(Cl)cnc1Nc1ccc([C@H]2CNCCO2)cc1. The van der Waals surface area contributed by atoms with E-state index in [-0.39, 0.29) is 27.9 Å². The van der Waals surface area contributed by atoms with E-state index in [4.69, 9.17) is 21.1 Å². The zero-order valence-electron chi connectivity index (χ0n) is 24.0. The van der Waals surface area contributed by atoms with E-state index in [1.165, 1.54) is 24.7 Å². The van der Waals surface area contributed by atoms with Crippen molar-refractivity contribution in [2.45, 2.75) is 17.1 Å². The van der Waals surface area contributed by atoms with E-state index in [0.717, 1.165) is 54.9 Å². The number of ether oxygens (including phenoxy) is 2. The summed E-state index contributed by atoms with van der Waals surface area (Å²) in [6, 6.07) is 16.7. The highest BCUT2D eigenvalue weighted by atomic mass is 35.5. The Bertz CT molecular complexity index is 1620. The molecule has 2 atom stereocenters. The molecule has 4 heterocycles. The van der Waals surface area contributed by atoms with Gasteiger partial charge in [-0.15, -0.1) is 0 Å². The first kappa shape index (κ1) is 31.7. The first-order valence-corrected chi connectivity index (χ1v) is 16.2. The zero-order chi connectivity index (χ0) is 30.9. The smallest absolute Gasteiger partial charge is 0.227 e. The average molecular weight is 642 g/mol. The molecule has 0 amide bonds. The molecule has 2 aliphatic heterocycles. The van der Waals surface area contributed by atoms with Gasteiger partial charge in [0.1, 0.15) is 4.90 Å². The van der Waals surface area contributed by atoms with Gasteiger partial charge < -0.3 is 30.7 Å². The molecule has 0 bridgehead atoms. The van der Waals surface area contributed by atoms with Crippen LogP contribution >= 0.6 is 11.6 Å². The number of pyridine rings is 1. The van der Waals surface area contributed by atoms with E-state index in [0.29, 0.717) is 19.2 Å². The molecule has 44 heavy (non-hydrogen) atoms. The maximum absolute atomic E-state index is 13.7. The van der Waals surface area contributed by atoms with Crippen molar-refractivity contribution in [3.63, 3.8) is 0 Å². The van der Waals surface area contributed by atoms with Gasteiger partial charge in [-0.1, -0.05) is 35.9 Å². The minimum absolute atomic E-state index is 0.0678. The molecule has 0 saturated carbocycles. The quantitative estimate of drug-likeness (QED) is 0.226. The highest BCUT2D eigenvalue weighted by Gasteiger charge is 2.16. The predicted molar refractivity (Wildman–Crippen MR) is 167 cm³/mol. The Balaban J connectivity index is 0.000000175. The molecule has 14 heteroatoms. The first-order chi connectivity index (χ1) is 21.2. The van der Waals surface area contributed by atoms with Crippen LogP contribution in [0, 0.1) is 5.82 Å². The van der Waals surface area contributed by atoms with E-state index in [2.05, 4.69) is 36.2 Å². The summed E-state index contributed by atoms with van der Waals surface area (Å²) in [6.45, 7) is 4.81. The summed E-state index contributed by atoms with van der Waals surface area (Å²) in [5.74, 6) is 0.0230. The topological polar surface area (TPSA) is 139 Å². The van der Waals surface area contributed by atoms with Gasteiger partial charge in [0.05, 0.1) is 42.8 Å². The Morgan fingerprint density at radius 1 is 0.818 bits per heavy atom. The van der Waals surface area contributed by atoms with Crippen LogP contribution < -0.4 is 21.3 Å². The summed E-state index contributed by atoms with van der Waals surface area (Å²) in [4.78, 5) is 12.1. The molecule has 11 nitrogen and oxygen atoms in total. The molecule has 0 aliphatic carbocycles. The lowest BCUT2D eigenvalue weighted by Crippen LogP contribution is -2.33. The van der Waals surface area contributed by atoms with E-state index < -0.39 is 15.7 Å². The second kappa shape index (κ2) is 14.8. The summed E-state index contributed by atoms with van der Waals surface area (Å²) in [7, 11) is -3.28. The van der Waals surface area contributed by atoms with Crippen molar-refractivity contribution >= 4 is 44.6 Å². The number of sulfone groups is 1. The Kier molecular flexibility index (Phi) is 10.7. The fourth-order valence-electron chi connectivity index (χ4n) is 4.47. The van der Waals surface area contributed by atoms with E-state index >= 15 is 0 Å². The predicted octanol–water partition coefficient (Wildman–Crippen LogP) is 4.56. The van der Waals surface area contributed by atoms with Crippen LogP contribution in [-0.4, -0.2) is 69.0 Å². The second-order valence-electron chi connectivity index (χ2n) is 10.1. The van der Waals surface area contributed by atoms with Gasteiger partial charge in [-0.25, -0.2) is 27.8 Å². The highest BCUT2D eigenvalue weighted by Crippen LogP contribution is 2.24. The molecule has 4 N–H and O–H groups in total. The molecule has 4 aromatic rings. The largest absolute Gasteiger partial charge is 0.371 e. The van der Waals surface area contributed by atoms with E-state index in [1.54, 1.807) is 0 Å². The lowest BCUT2D eigenvalue weighted by Gasteiger charge is -2.24. The number of hydrogen-bond acceptors (Lipinski definition) is 11. The maximum Gasteiger partial charge on any atom is 0.227 e. The molecular weight excluding hydrogens is 609 g/mol. The van der Waals surface area contributed by atoms with Crippen LogP contribution in [-0.2, 0) is 19.3 Å². The molecule has 2 aliphatic rings. The van der Waals surface area contributed by atoms with Crippen molar-refractivity contribution in [3.8, 4) is 0 Å². The third-order valence-corrected chi connectivity index (χ3v) is 8.08. The summed E-state index contributed by atoms with van der Waals surface area (Å²) >= 11 is 5.68. The molecule has 2 fully saturated rings. The van der Waals surface area contributed by atoms with Gasteiger partial charge in [-0.2, -0.15) is 0 Å². The Hall–Kier alpha value is -3.72. The number of hydrogen-bond donors (Lipinski definition) is 4. The minimum Gasteiger partial charge on any atom is -0.371 e. The molecule has 2 saturated heterocycles. The molecule has 2 aromatic heterocycles. The van der Waals surface area contributed by atoms with Gasteiger partial charge in [-0.05, 0) is 41.5 Å². The average Bonchev–Trinajstić information content (AvgIpc) is 3.04. The third-order valence-electron chi connectivity index (χ3n) is 6.80. The van der Waals surface area contributed by atoms with Crippen LogP contribution in [0.5, 0.6) is 0 Å². The molecular formula is C30H33ClFN7O4S. The first-order valence-electron chi connectivity index (χ1n) is 14.0. The lowest BCUT2D eigenvalue weighted by atomic mass is 10.1. The Morgan fingerprint density at radius 2 is 1.34 bits per heavy atom. The van der Waals surface area contributed by atoms with Gasteiger partial charge in [0.25, 0.3) is 0 Å². The summed E-state index contributed by atoms with van der Waals surface area (Å²) < 4.78 is 47.8. The summed E-state index contributed by atoms with van der Waals surface area (Å²) in [5.41, 5.74) is 3.79. The van der Waals surface area contributed by atoms with Crippen LogP contribution in [0.1, 0.15) is 23.3 Å². The number of rotatable bonds is 7. The zero-order valence-corrected chi connectivity index (χ0v) is 25.5. The third kappa shape index (κ3) is 8.91. The number of morpholine rings is 2. The molecule has 0 unspecified atom stereocenters. The van der Waals surface area contributed by atoms with Gasteiger partial charge in [-0.3, -0.25) is 0 Å². The second-order valence-corrected chi connectivity index (χ2v) is 12.6. The van der Waals surface area contributed by atoms with Crippen molar-refractivity contribution in [2.24, 2.45) is 0 Å². The van der Waals surface area contributed by atoms with Crippen molar-refractivity contribution in [1.29, 1.82) is 0 Å². The van der Waals surface area contributed by atoms with Gasteiger partial charge in [0, 0.05) is 50.0 Å². The minimum atomic E-state index is -3.28. The molecule has 0 spiro atoms. The molecule has 2 aromatic carbocycles. The number of nitrogens with zero attached hydrogens (tertiary/aromatic N) is 3. The van der Waals surface area contributed by atoms with Crippen molar-refractivity contribution < 1.29 is 22.3 Å². The fourth-order valence-corrected chi connectivity index (χ4v) is 5.10. The van der Waals surface area contributed by atoms with Gasteiger partial charge >= 0.3 is 0 Å². The van der Waals surface area contributed by atoms with Crippen LogP contribution in [0.3, 0.4) is 0 Å². The molecule has 232 valence electrons. The van der Waals surface area contributed by atoms with Crippen LogP contribution in [0.15, 0.2) is 78.1 Å². The Morgan fingerprint density at radius 3 is 1.80 bits per heavy atom. The number of aromatic nitrogens is 3. The number of benzene rings is 2. The van der Waals surface area contributed by atoms with Crippen molar-refractivity contribution in [3.05, 3.63) is 95.2 Å². The Labute approximate surface area is 260 Å². The number of anilines is 4. The molecule has 6 rings (SSSR count). The summed E-state index contributed by atoms with van der Waals surface area (Å²) in [6.07, 6.45) is 5.25. The lowest BCUT2D eigenvalue weighted by molar-refractivity contribution is 0.0276. The number of nitrogens with one attached hydrogen (secondary N) is 4. The highest BCUT2D eigenvalue weighted by molar-refractivity contribution is 7.90. The monoisotopic (exact) mass is 641 g/mol. The van der Waals surface area contributed by atoms with E-state index in [9.17, 15) is 12.8 Å². The van der Waals surface area contributed by atoms with Crippen molar-refractivity contribution in [1.82, 2.24) is 25.6 Å². The van der Waals surface area contributed by atoms with E-state index in [1.807, 2.05) is 48.5 Å². The van der Waals surface area contributed by atoms with Crippen LogP contribution in [0.25, 0.3) is 0 Å². The number of halogens is 2. The standard InChI is InChI=1S/C15H15ClFN3O.C15H18N4O3S/c16-11-7-13(17)15(19-8-11)20-12-3-1-10(2-4-12)14-9-18-5-6-21-14;1-23(20,21)13-8-17-15(18-9-13)19-12-4-2-11(3-5-12)14-10-16-6-7-22-14/h1-4,7-8,14,18H,5-6,9H2,(H,19,20);2-5,8-9,14,16H,6-7,10H2,1H3,(H,17,18,19)/t2*14-/m11/s1. The fraction of sp³-hybridized carbons (Fsp3) is 0.300. The normalized spacial score (nSPS) is 18.5. The molecule has 0 radical (unpaired) electrons. The van der Waals surface area contributed by atoms with Gasteiger partial charge in [0.15, 0.2) is 21.5 Å². The maximum atomic E-state index is 13.7. The summed E-state index contributed by atoms with van der Waals surface area (Å²) in [5, 5.41) is 12.8.